The van der Waals surface area contributed by atoms with Crippen molar-refractivity contribution in [2.75, 3.05) is 17.2 Å². The summed E-state index contributed by atoms with van der Waals surface area (Å²) < 4.78 is 0. The van der Waals surface area contributed by atoms with Crippen molar-refractivity contribution >= 4 is 17.3 Å². The highest BCUT2D eigenvalue weighted by Crippen LogP contribution is 2.20. The third-order valence-electron chi connectivity index (χ3n) is 2.60. The Hall–Kier alpha value is -1.51. The molecule has 0 heterocycles. The monoisotopic (exact) mass is 234 g/mol. The summed E-state index contributed by atoms with van der Waals surface area (Å²) in [5.41, 5.74) is 3.13. The minimum Gasteiger partial charge on any atom is -0.385 e. The van der Waals surface area contributed by atoms with Crippen LogP contribution in [0.2, 0.25) is 0 Å². The highest BCUT2D eigenvalue weighted by molar-refractivity contribution is 5.89. The van der Waals surface area contributed by atoms with Crippen LogP contribution in [-0.2, 0) is 4.79 Å². The molecule has 1 rings (SSSR count). The van der Waals surface area contributed by atoms with Crippen LogP contribution in [0.3, 0.4) is 0 Å². The van der Waals surface area contributed by atoms with Crippen molar-refractivity contribution in [3.63, 3.8) is 0 Å². The van der Waals surface area contributed by atoms with Gasteiger partial charge in [0, 0.05) is 24.8 Å². The van der Waals surface area contributed by atoms with E-state index in [1.54, 1.807) is 0 Å². The molecule has 94 valence electrons. The number of amides is 1. The van der Waals surface area contributed by atoms with Crippen LogP contribution in [0.4, 0.5) is 11.4 Å². The number of carbonyl (C=O) groups excluding carboxylic acids is 1. The molecule has 0 atom stereocenters. The molecule has 0 saturated heterocycles. The maximum absolute atomic E-state index is 11.0. The molecule has 1 aromatic rings. The Balaban J connectivity index is 2.66. The minimum atomic E-state index is -0.0398. The number of nitrogens with one attached hydrogen (secondary N) is 2. The summed E-state index contributed by atoms with van der Waals surface area (Å²) in [5.74, 6) is 0.656. The number of anilines is 2. The molecular formula is C14H22N2O. The average Bonchev–Trinajstić information content (AvgIpc) is 2.21. The highest BCUT2D eigenvalue weighted by Gasteiger charge is 2.02. The van der Waals surface area contributed by atoms with Gasteiger partial charge in [-0.25, -0.2) is 0 Å². The largest absolute Gasteiger partial charge is 0.385 e. The molecule has 0 aromatic heterocycles. The van der Waals surface area contributed by atoms with E-state index in [0.717, 1.165) is 24.3 Å². The Morgan fingerprint density at radius 2 is 2.06 bits per heavy atom. The zero-order chi connectivity index (χ0) is 12.8. The van der Waals surface area contributed by atoms with Gasteiger partial charge in [-0.1, -0.05) is 19.9 Å². The van der Waals surface area contributed by atoms with E-state index in [-0.39, 0.29) is 5.91 Å². The van der Waals surface area contributed by atoms with Gasteiger partial charge in [-0.3, -0.25) is 4.79 Å². The topological polar surface area (TPSA) is 41.1 Å². The number of aryl methyl sites for hydroxylation is 1. The van der Waals surface area contributed by atoms with Crippen molar-refractivity contribution in [3.8, 4) is 0 Å². The number of benzene rings is 1. The van der Waals surface area contributed by atoms with Crippen LogP contribution in [0.15, 0.2) is 18.2 Å². The molecule has 0 unspecified atom stereocenters. The Morgan fingerprint density at radius 3 is 2.65 bits per heavy atom. The zero-order valence-electron chi connectivity index (χ0n) is 11.1. The average molecular weight is 234 g/mol. The fraction of sp³-hybridized carbons (Fsp3) is 0.500. The predicted octanol–water partition coefficient (Wildman–Crippen LogP) is 3.41. The van der Waals surface area contributed by atoms with Gasteiger partial charge in [0.05, 0.1) is 0 Å². The number of rotatable bonds is 5. The first-order valence-corrected chi connectivity index (χ1v) is 6.11. The molecule has 1 amide bonds. The second kappa shape index (κ2) is 6.28. The first kappa shape index (κ1) is 13.6. The van der Waals surface area contributed by atoms with E-state index in [9.17, 15) is 4.79 Å². The fourth-order valence-electron chi connectivity index (χ4n) is 1.59. The first-order valence-electron chi connectivity index (χ1n) is 6.11. The molecule has 0 bridgehead atoms. The summed E-state index contributed by atoms with van der Waals surface area (Å²) in [4.78, 5) is 11.0. The summed E-state index contributed by atoms with van der Waals surface area (Å²) in [6.45, 7) is 8.97. The molecule has 0 spiro atoms. The lowest BCUT2D eigenvalue weighted by Gasteiger charge is -2.12. The zero-order valence-corrected chi connectivity index (χ0v) is 11.1. The molecule has 0 aliphatic carbocycles. The molecule has 1 aromatic carbocycles. The van der Waals surface area contributed by atoms with Gasteiger partial charge in [0.2, 0.25) is 5.91 Å². The number of hydrogen-bond donors (Lipinski definition) is 2. The van der Waals surface area contributed by atoms with Gasteiger partial charge in [-0.2, -0.15) is 0 Å². The Bertz CT molecular complexity index is 386. The molecule has 0 fully saturated rings. The van der Waals surface area contributed by atoms with Crippen LogP contribution >= 0.6 is 0 Å². The third-order valence-corrected chi connectivity index (χ3v) is 2.60. The molecular weight excluding hydrogens is 212 g/mol. The summed E-state index contributed by atoms with van der Waals surface area (Å²) in [6, 6.07) is 5.92. The van der Waals surface area contributed by atoms with Crippen molar-refractivity contribution in [1.82, 2.24) is 0 Å². The number of hydrogen-bond acceptors (Lipinski definition) is 2. The van der Waals surface area contributed by atoms with Crippen molar-refractivity contribution in [1.29, 1.82) is 0 Å². The normalized spacial score (nSPS) is 10.4. The van der Waals surface area contributed by atoms with Crippen molar-refractivity contribution < 1.29 is 4.79 Å². The maximum atomic E-state index is 11.0. The van der Waals surface area contributed by atoms with Crippen LogP contribution in [0.5, 0.6) is 0 Å². The van der Waals surface area contributed by atoms with Crippen LogP contribution in [-0.4, -0.2) is 12.5 Å². The molecule has 0 aliphatic rings. The second-order valence-corrected chi connectivity index (χ2v) is 4.82. The third kappa shape index (κ3) is 4.89. The molecule has 17 heavy (non-hydrogen) atoms. The van der Waals surface area contributed by atoms with Gasteiger partial charge >= 0.3 is 0 Å². The van der Waals surface area contributed by atoms with E-state index < -0.39 is 0 Å². The second-order valence-electron chi connectivity index (χ2n) is 4.82. The van der Waals surface area contributed by atoms with E-state index in [2.05, 4.69) is 31.4 Å². The van der Waals surface area contributed by atoms with Gasteiger partial charge in [0.25, 0.3) is 0 Å². The molecule has 2 N–H and O–H groups in total. The molecule has 0 aliphatic heterocycles. The Morgan fingerprint density at radius 1 is 1.35 bits per heavy atom. The molecule has 3 nitrogen and oxygen atoms in total. The lowest BCUT2D eigenvalue weighted by atomic mass is 10.1. The summed E-state index contributed by atoms with van der Waals surface area (Å²) in [6.07, 6.45) is 1.14. The summed E-state index contributed by atoms with van der Waals surface area (Å²) in [5, 5.41) is 6.20. The van der Waals surface area contributed by atoms with Crippen molar-refractivity contribution in [2.24, 2.45) is 5.92 Å². The first-order chi connectivity index (χ1) is 7.99. The lowest BCUT2D eigenvalue weighted by Crippen LogP contribution is -2.08. The maximum Gasteiger partial charge on any atom is 0.221 e. The van der Waals surface area contributed by atoms with E-state index >= 15 is 0 Å². The van der Waals surface area contributed by atoms with Crippen molar-refractivity contribution in [3.05, 3.63) is 23.8 Å². The van der Waals surface area contributed by atoms with Gasteiger partial charge in [0.15, 0.2) is 0 Å². The van der Waals surface area contributed by atoms with E-state index in [0.29, 0.717) is 5.92 Å². The lowest BCUT2D eigenvalue weighted by molar-refractivity contribution is -0.114. The minimum absolute atomic E-state index is 0.0398. The van der Waals surface area contributed by atoms with E-state index in [4.69, 9.17) is 0 Å². The van der Waals surface area contributed by atoms with Gasteiger partial charge in [0.1, 0.15) is 0 Å². The van der Waals surface area contributed by atoms with Crippen LogP contribution in [0.1, 0.15) is 32.8 Å². The standard InChI is InChI=1S/C14H22N2O/c1-10(2)7-8-15-14-9-13(16-12(4)17)6-5-11(14)3/h5-6,9-10,15H,7-8H2,1-4H3,(H,16,17). The summed E-state index contributed by atoms with van der Waals surface area (Å²) >= 11 is 0. The SMILES string of the molecule is CC(=O)Nc1ccc(C)c(NCCC(C)C)c1. The van der Waals surface area contributed by atoms with Crippen LogP contribution in [0, 0.1) is 12.8 Å². The predicted molar refractivity (Wildman–Crippen MR) is 73.4 cm³/mol. The van der Waals surface area contributed by atoms with Gasteiger partial charge < -0.3 is 10.6 Å². The molecule has 0 saturated carbocycles. The quantitative estimate of drug-likeness (QED) is 0.819. The Labute approximate surface area is 104 Å². The fourth-order valence-corrected chi connectivity index (χ4v) is 1.59. The van der Waals surface area contributed by atoms with Gasteiger partial charge in [-0.05, 0) is 37.0 Å². The van der Waals surface area contributed by atoms with E-state index in [1.165, 1.54) is 12.5 Å². The number of carbonyl (C=O) groups is 1. The van der Waals surface area contributed by atoms with Gasteiger partial charge in [-0.15, -0.1) is 0 Å². The smallest absolute Gasteiger partial charge is 0.221 e. The summed E-state index contributed by atoms with van der Waals surface area (Å²) in [7, 11) is 0. The highest BCUT2D eigenvalue weighted by atomic mass is 16.1. The van der Waals surface area contributed by atoms with Crippen LogP contribution < -0.4 is 10.6 Å². The molecule has 0 radical (unpaired) electrons. The van der Waals surface area contributed by atoms with Crippen LogP contribution in [0.25, 0.3) is 0 Å². The van der Waals surface area contributed by atoms with Crippen molar-refractivity contribution in [2.45, 2.75) is 34.1 Å². The Kier molecular flexibility index (Phi) is 5.01. The van der Waals surface area contributed by atoms with E-state index in [1.807, 2.05) is 18.2 Å². The molecule has 3 heteroatoms.